The summed E-state index contributed by atoms with van der Waals surface area (Å²) >= 11 is 0. The number of phenols is 2. The lowest BCUT2D eigenvalue weighted by Gasteiger charge is -2.20. The first-order valence-corrected chi connectivity index (χ1v) is 7.51. The van der Waals surface area contributed by atoms with Gasteiger partial charge in [0.1, 0.15) is 23.7 Å². The fourth-order valence-corrected chi connectivity index (χ4v) is 2.14. The number of esters is 2. The van der Waals surface area contributed by atoms with Crippen LogP contribution in [0.25, 0.3) is 0 Å². The first kappa shape index (κ1) is 20.2. The van der Waals surface area contributed by atoms with Gasteiger partial charge in [0.05, 0.1) is 18.1 Å². The second kappa shape index (κ2) is 7.83. The molecule has 0 saturated carbocycles. The molecule has 0 spiro atoms. The molecule has 0 aliphatic carbocycles. The number of methoxy groups -OCH3 is 1. The number of benzene rings is 1. The first-order valence-electron chi connectivity index (χ1n) is 7.51. The van der Waals surface area contributed by atoms with Crippen LogP contribution in [0.5, 0.6) is 11.5 Å². The van der Waals surface area contributed by atoms with Crippen molar-refractivity contribution in [3.05, 3.63) is 34.9 Å². The smallest absolute Gasteiger partial charge is 0.342 e. The number of carbonyl (C=O) groups excluding carboxylic acids is 3. The van der Waals surface area contributed by atoms with Crippen LogP contribution < -0.4 is 0 Å². The SMILES string of the molecule is C=CCc1c(O)c(C=O)c(COC(=O)C(C)(C)C)c(C(=O)OC)c1O. The average Bonchev–Trinajstić information content (AvgIpc) is 2.54. The molecule has 0 aromatic heterocycles. The van der Waals surface area contributed by atoms with Crippen LogP contribution in [0.15, 0.2) is 12.7 Å². The Balaban J connectivity index is 3.57. The fraction of sp³-hybridized carbons (Fsp3) is 0.389. The van der Waals surface area contributed by atoms with Crippen LogP contribution in [0.2, 0.25) is 0 Å². The lowest BCUT2D eigenvalue weighted by atomic mass is 9.93. The van der Waals surface area contributed by atoms with Gasteiger partial charge in [-0.15, -0.1) is 6.58 Å². The lowest BCUT2D eigenvalue weighted by molar-refractivity contribution is -0.154. The summed E-state index contributed by atoms with van der Waals surface area (Å²) in [4.78, 5) is 35.5. The summed E-state index contributed by atoms with van der Waals surface area (Å²) in [5, 5.41) is 20.6. The highest BCUT2D eigenvalue weighted by Gasteiger charge is 2.30. The molecule has 0 saturated heterocycles. The van der Waals surface area contributed by atoms with E-state index in [1.807, 2.05) is 0 Å². The molecule has 2 N–H and O–H groups in total. The maximum Gasteiger partial charge on any atom is 0.342 e. The van der Waals surface area contributed by atoms with Crippen molar-refractivity contribution in [3.63, 3.8) is 0 Å². The maximum absolute atomic E-state index is 12.1. The lowest BCUT2D eigenvalue weighted by Crippen LogP contribution is -2.23. The van der Waals surface area contributed by atoms with E-state index in [-0.39, 0.29) is 28.7 Å². The van der Waals surface area contributed by atoms with E-state index in [4.69, 9.17) is 4.74 Å². The molecule has 0 aliphatic heterocycles. The largest absolute Gasteiger partial charge is 0.507 e. The van der Waals surface area contributed by atoms with Crippen molar-refractivity contribution >= 4 is 18.2 Å². The van der Waals surface area contributed by atoms with Crippen LogP contribution in [0, 0.1) is 5.41 Å². The highest BCUT2D eigenvalue weighted by atomic mass is 16.5. The summed E-state index contributed by atoms with van der Waals surface area (Å²) in [5.41, 5.74) is -1.55. The number of aldehydes is 1. The molecule has 25 heavy (non-hydrogen) atoms. The third-order valence-electron chi connectivity index (χ3n) is 3.51. The molecule has 7 heteroatoms. The van der Waals surface area contributed by atoms with Gasteiger partial charge in [0, 0.05) is 11.1 Å². The van der Waals surface area contributed by atoms with Crippen LogP contribution in [-0.2, 0) is 27.3 Å². The fourth-order valence-electron chi connectivity index (χ4n) is 2.14. The predicted molar refractivity (Wildman–Crippen MR) is 89.7 cm³/mol. The third kappa shape index (κ3) is 4.17. The molecule has 0 radical (unpaired) electrons. The summed E-state index contributed by atoms with van der Waals surface area (Å²) in [6.07, 6.45) is 1.74. The van der Waals surface area contributed by atoms with Crippen molar-refractivity contribution < 1.29 is 34.1 Å². The van der Waals surface area contributed by atoms with Crippen molar-refractivity contribution in [1.29, 1.82) is 0 Å². The van der Waals surface area contributed by atoms with E-state index in [2.05, 4.69) is 11.3 Å². The number of hydrogen-bond donors (Lipinski definition) is 2. The minimum atomic E-state index is -0.923. The second-order valence-corrected chi connectivity index (χ2v) is 6.37. The number of carbonyl (C=O) groups is 3. The van der Waals surface area contributed by atoms with E-state index in [9.17, 15) is 24.6 Å². The number of aromatic hydroxyl groups is 2. The van der Waals surface area contributed by atoms with Gasteiger partial charge in [-0.1, -0.05) is 6.08 Å². The van der Waals surface area contributed by atoms with Gasteiger partial charge in [-0.3, -0.25) is 9.59 Å². The Bertz CT molecular complexity index is 711. The molecule has 7 nitrogen and oxygen atoms in total. The molecule has 0 aliphatic rings. The molecular weight excluding hydrogens is 328 g/mol. The minimum absolute atomic E-state index is 0.0184. The van der Waals surface area contributed by atoms with Gasteiger partial charge in [-0.2, -0.15) is 0 Å². The molecule has 0 amide bonds. The normalized spacial score (nSPS) is 10.9. The van der Waals surface area contributed by atoms with Crippen LogP contribution in [0.3, 0.4) is 0 Å². The summed E-state index contributed by atoms with van der Waals surface area (Å²) in [6.45, 7) is 7.93. The van der Waals surface area contributed by atoms with Gasteiger partial charge < -0.3 is 19.7 Å². The Morgan fingerprint density at radius 2 is 1.76 bits per heavy atom. The van der Waals surface area contributed by atoms with E-state index in [1.54, 1.807) is 20.8 Å². The average molecular weight is 350 g/mol. The van der Waals surface area contributed by atoms with Gasteiger partial charge in [0.25, 0.3) is 0 Å². The van der Waals surface area contributed by atoms with Crippen LogP contribution in [0.1, 0.15) is 52.6 Å². The zero-order chi connectivity index (χ0) is 19.4. The van der Waals surface area contributed by atoms with Crippen molar-refractivity contribution in [2.24, 2.45) is 5.41 Å². The maximum atomic E-state index is 12.1. The molecule has 136 valence electrons. The Hall–Kier alpha value is -2.83. The van der Waals surface area contributed by atoms with E-state index in [0.717, 1.165) is 7.11 Å². The Kier molecular flexibility index (Phi) is 6.33. The highest BCUT2D eigenvalue weighted by Crippen LogP contribution is 2.38. The molecule has 0 atom stereocenters. The Labute approximate surface area is 145 Å². The number of phenolic OH excluding ortho intramolecular Hbond substituents is 2. The monoisotopic (exact) mass is 350 g/mol. The van der Waals surface area contributed by atoms with E-state index >= 15 is 0 Å². The van der Waals surface area contributed by atoms with Crippen LogP contribution in [0.4, 0.5) is 0 Å². The van der Waals surface area contributed by atoms with Crippen molar-refractivity contribution in [1.82, 2.24) is 0 Å². The van der Waals surface area contributed by atoms with Crippen LogP contribution >= 0.6 is 0 Å². The number of ether oxygens (including phenoxy) is 2. The number of hydrogen-bond acceptors (Lipinski definition) is 7. The van der Waals surface area contributed by atoms with Gasteiger partial charge in [-0.05, 0) is 27.2 Å². The van der Waals surface area contributed by atoms with Crippen LogP contribution in [-0.4, -0.2) is 35.5 Å². The van der Waals surface area contributed by atoms with Gasteiger partial charge in [0.15, 0.2) is 6.29 Å². The third-order valence-corrected chi connectivity index (χ3v) is 3.51. The Morgan fingerprint density at radius 1 is 1.16 bits per heavy atom. The summed E-state index contributed by atoms with van der Waals surface area (Å²) in [6, 6.07) is 0. The molecule has 0 heterocycles. The van der Waals surface area contributed by atoms with Gasteiger partial charge >= 0.3 is 11.9 Å². The zero-order valence-electron chi connectivity index (χ0n) is 14.7. The first-order chi connectivity index (χ1) is 11.6. The summed E-state index contributed by atoms with van der Waals surface area (Å²) < 4.78 is 9.77. The summed E-state index contributed by atoms with van der Waals surface area (Å²) in [7, 11) is 1.10. The molecule has 1 rings (SSSR count). The summed E-state index contributed by atoms with van der Waals surface area (Å²) in [5.74, 6) is -2.54. The highest BCUT2D eigenvalue weighted by molar-refractivity contribution is 5.99. The molecule has 0 bridgehead atoms. The zero-order valence-corrected chi connectivity index (χ0v) is 14.7. The van der Waals surface area contributed by atoms with E-state index < -0.39 is 35.5 Å². The van der Waals surface area contributed by atoms with E-state index in [1.165, 1.54) is 6.08 Å². The molecular formula is C18H22O7. The quantitative estimate of drug-likeness (QED) is 0.461. The molecule has 0 fully saturated rings. The predicted octanol–water partition coefficient (Wildman–Crippen LogP) is 2.51. The molecule has 1 aromatic rings. The van der Waals surface area contributed by atoms with E-state index in [0.29, 0.717) is 6.29 Å². The van der Waals surface area contributed by atoms with Crippen molar-refractivity contribution in [2.75, 3.05) is 7.11 Å². The minimum Gasteiger partial charge on any atom is -0.507 e. The van der Waals surface area contributed by atoms with Crippen molar-refractivity contribution in [2.45, 2.75) is 33.8 Å². The van der Waals surface area contributed by atoms with Gasteiger partial charge in [-0.25, -0.2) is 4.79 Å². The van der Waals surface area contributed by atoms with Crippen molar-refractivity contribution in [3.8, 4) is 11.5 Å². The number of allylic oxidation sites excluding steroid dienone is 1. The Morgan fingerprint density at radius 3 is 2.20 bits per heavy atom. The number of rotatable bonds is 6. The van der Waals surface area contributed by atoms with Gasteiger partial charge in [0.2, 0.25) is 0 Å². The second-order valence-electron chi connectivity index (χ2n) is 6.37. The standard InChI is InChI=1S/C18H22O7/c1-6-7-10-14(20)11(8-19)12(9-25-17(23)18(2,3)4)13(15(10)21)16(22)24-5/h6,8,20-21H,1,7,9H2,2-5H3. The topological polar surface area (TPSA) is 110 Å². The molecule has 0 unspecified atom stereocenters. The molecule has 1 aromatic carbocycles.